The largest absolute Gasteiger partial charge is 0.426 e. The Morgan fingerprint density at radius 3 is 2.53 bits per heavy atom. The van der Waals surface area contributed by atoms with Crippen LogP contribution in [0.4, 0.5) is 11.4 Å². The molecule has 5 rings (SSSR count). The molecule has 2 aromatic carbocycles. The Balaban J connectivity index is 1.30. The summed E-state index contributed by atoms with van der Waals surface area (Å²) in [6, 6.07) is 14.1. The van der Waals surface area contributed by atoms with Crippen molar-refractivity contribution in [1.82, 2.24) is 0 Å². The number of carbonyl (C=O) groups is 4. The van der Waals surface area contributed by atoms with Crippen molar-refractivity contribution in [2.24, 2.45) is 23.7 Å². The van der Waals surface area contributed by atoms with Crippen molar-refractivity contribution in [3.05, 3.63) is 66.2 Å². The van der Waals surface area contributed by atoms with Crippen LogP contribution in [0.15, 0.2) is 60.7 Å². The average molecular weight is 459 g/mol. The van der Waals surface area contributed by atoms with Crippen LogP contribution in [0.1, 0.15) is 25.3 Å². The molecule has 0 N–H and O–H groups in total. The number of esters is 1. The zero-order valence-electron chi connectivity index (χ0n) is 19.1. The highest BCUT2D eigenvalue weighted by molar-refractivity contribution is 6.22. The van der Waals surface area contributed by atoms with Crippen molar-refractivity contribution in [3.8, 4) is 5.75 Å². The minimum absolute atomic E-state index is 0.00235. The lowest BCUT2D eigenvalue weighted by Crippen LogP contribution is -2.31. The lowest BCUT2D eigenvalue weighted by Gasteiger charge is -2.22. The van der Waals surface area contributed by atoms with Gasteiger partial charge in [-0.25, -0.2) is 4.90 Å². The van der Waals surface area contributed by atoms with E-state index in [-0.39, 0.29) is 54.2 Å². The molecule has 2 heterocycles. The van der Waals surface area contributed by atoms with E-state index in [2.05, 4.69) is 0 Å². The molecule has 2 aliphatic heterocycles. The Morgan fingerprint density at radius 2 is 1.76 bits per heavy atom. The monoisotopic (exact) mass is 458 g/mol. The summed E-state index contributed by atoms with van der Waals surface area (Å²) in [5, 5.41) is 0. The third kappa shape index (κ3) is 3.81. The lowest BCUT2D eigenvalue weighted by atomic mass is 9.78. The predicted molar refractivity (Wildman–Crippen MR) is 126 cm³/mol. The van der Waals surface area contributed by atoms with E-state index in [1.165, 1.54) is 11.0 Å². The number of rotatable bonds is 4. The third-order valence-electron chi connectivity index (χ3n) is 6.94. The number of imide groups is 1. The van der Waals surface area contributed by atoms with Crippen molar-refractivity contribution in [3.63, 3.8) is 0 Å². The fraction of sp³-hybridized carbons (Fsp3) is 0.333. The first-order valence-corrected chi connectivity index (χ1v) is 11.6. The number of amides is 3. The minimum atomic E-state index is -0.596. The summed E-state index contributed by atoms with van der Waals surface area (Å²) in [6.07, 6.45) is 4.57. The molecule has 2 saturated heterocycles. The Kier molecular flexibility index (Phi) is 5.55. The van der Waals surface area contributed by atoms with Crippen LogP contribution in [0.2, 0.25) is 0 Å². The summed E-state index contributed by atoms with van der Waals surface area (Å²) < 4.78 is 5.59. The molecule has 3 amide bonds. The van der Waals surface area contributed by atoms with E-state index in [1.54, 1.807) is 23.1 Å². The zero-order valence-corrected chi connectivity index (χ0v) is 19.1. The first-order valence-electron chi connectivity index (χ1n) is 11.6. The number of nitrogens with zero attached hydrogens (tertiary/aromatic N) is 2. The van der Waals surface area contributed by atoms with Gasteiger partial charge in [-0.2, -0.15) is 0 Å². The van der Waals surface area contributed by atoms with Crippen LogP contribution < -0.4 is 14.5 Å². The maximum absolute atomic E-state index is 13.1. The Morgan fingerprint density at radius 1 is 1.00 bits per heavy atom. The minimum Gasteiger partial charge on any atom is -0.426 e. The van der Waals surface area contributed by atoms with Gasteiger partial charge in [-0.3, -0.25) is 19.2 Å². The van der Waals surface area contributed by atoms with Crippen molar-refractivity contribution >= 4 is 35.1 Å². The van der Waals surface area contributed by atoms with Gasteiger partial charge in [0.2, 0.25) is 17.7 Å². The molecule has 0 bridgehead atoms. The van der Waals surface area contributed by atoms with Crippen LogP contribution >= 0.6 is 0 Å². The van der Waals surface area contributed by atoms with Crippen molar-refractivity contribution < 1.29 is 23.9 Å². The van der Waals surface area contributed by atoms with Crippen molar-refractivity contribution in [2.45, 2.75) is 26.7 Å². The van der Waals surface area contributed by atoms with Crippen LogP contribution in [0.5, 0.6) is 5.75 Å². The molecule has 0 aromatic heterocycles. The van der Waals surface area contributed by atoms with Gasteiger partial charge in [0, 0.05) is 24.7 Å². The van der Waals surface area contributed by atoms with Crippen LogP contribution in [0.25, 0.3) is 0 Å². The number of anilines is 2. The average Bonchev–Trinajstić information content (AvgIpc) is 3.32. The number of hydrogen-bond donors (Lipinski definition) is 0. The molecule has 1 aliphatic carbocycles. The lowest BCUT2D eigenvalue weighted by molar-refractivity contribution is -0.139. The highest BCUT2D eigenvalue weighted by Gasteiger charge is 2.50. The number of carbonyl (C=O) groups excluding carboxylic acids is 4. The van der Waals surface area contributed by atoms with E-state index in [4.69, 9.17) is 4.74 Å². The van der Waals surface area contributed by atoms with Gasteiger partial charge >= 0.3 is 5.97 Å². The molecule has 174 valence electrons. The van der Waals surface area contributed by atoms with Gasteiger partial charge in [0.15, 0.2) is 0 Å². The molecule has 2 aromatic rings. The molecule has 3 aliphatic rings. The van der Waals surface area contributed by atoms with E-state index >= 15 is 0 Å². The second-order valence-electron chi connectivity index (χ2n) is 9.33. The molecule has 4 atom stereocenters. The molecule has 0 radical (unpaired) electrons. The maximum atomic E-state index is 13.1. The Bertz CT molecular complexity index is 1220. The molecule has 0 saturated carbocycles. The van der Waals surface area contributed by atoms with Crippen molar-refractivity contribution in [2.75, 3.05) is 16.3 Å². The van der Waals surface area contributed by atoms with Gasteiger partial charge in [-0.1, -0.05) is 37.3 Å². The number of fused-ring (bicyclic) bond motifs is 1. The number of benzene rings is 2. The smallest absolute Gasteiger partial charge is 0.316 e. The second-order valence-corrected chi connectivity index (χ2v) is 9.33. The van der Waals surface area contributed by atoms with Gasteiger partial charge in [0.05, 0.1) is 23.4 Å². The highest BCUT2D eigenvalue weighted by Crippen LogP contribution is 2.41. The van der Waals surface area contributed by atoms with Crippen LogP contribution in [0, 0.1) is 30.6 Å². The maximum Gasteiger partial charge on any atom is 0.316 e. The normalized spacial score (nSPS) is 26.2. The third-order valence-corrected chi connectivity index (χ3v) is 6.94. The molecular weight excluding hydrogens is 432 g/mol. The van der Waals surface area contributed by atoms with Gasteiger partial charge in [-0.05, 0) is 49.1 Å². The fourth-order valence-corrected chi connectivity index (χ4v) is 5.20. The number of allylic oxidation sites excluding steroid dienone is 2. The molecule has 0 unspecified atom stereocenters. The van der Waals surface area contributed by atoms with E-state index in [0.717, 1.165) is 11.3 Å². The molecule has 7 nitrogen and oxygen atoms in total. The summed E-state index contributed by atoms with van der Waals surface area (Å²) in [4.78, 5) is 54.3. The molecule has 34 heavy (non-hydrogen) atoms. The van der Waals surface area contributed by atoms with Gasteiger partial charge in [0.1, 0.15) is 5.75 Å². The summed E-state index contributed by atoms with van der Waals surface area (Å²) in [5.41, 5.74) is 2.19. The molecule has 7 heteroatoms. The first kappa shape index (κ1) is 22.1. The first-order chi connectivity index (χ1) is 16.3. The van der Waals surface area contributed by atoms with Gasteiger partial charge < -0.3 is 9.64 Å². The van der Waals surface area contributed by atoms with Gasteiger partial charge in [0.25, 0.3) is 0 Å². The summed E-state index contributed by atoms with van der Waals surface area (Å²) in [5.74, 6) is -2.14. The summed E-state index contributed by atoms with van der Waals surface area (Å²) in [6.45, 7) is 4.14. The Labute approximate surface area is 198 Å². The van der Waals surface area contributed by atoms with E-state index < -0.39 is 11.9 Å². The van der Waals surface area contributed by atoms with Gasteiger partial charge in [-0.15, -0.1) is 0 Å². The topological polar surface area (TPSA) is 84.0 Å². The highest BCUT2D eigenvalue weighted by atomic mass is 16.5. The van der Waals surface area contributed by atoms with E-state index in [1.807, 2.05) is 50.3 Å². The molecule has 2 fully saturated rings. The molecule has 0 spiro atoms. The number of hydrogen-bond acceptors (Lipinski definition) is 5. The quantitative estimate of drug-likeness (QED) is 0.302. The predicted octanol–water partition coefficient (Wildman–Crippen LogP) is 3.66. The van der Waals surface area contributed by atoms with Crippen LogP contribution in [0.3, 0.4) is 0 Å². The van der Waals surface area contributed by atoms with Crippen LogP contribution in [-0.2, 0) is 19.2 Å². The SMILES string of the molecule is Cc1cccc(N2C[C@@H](C(=O)Oc3cccc(N4C(=O)[C@H]5[C@H](C)C=CC[C@H]5C4=O)c3)CC2=O)c1. The summed E-state index contributed by atoms with van der Waals surface area (Å²) >= 11 is 0. The van der Waals surface area contributed by atoms with E-state index in [0.29, 0.717) is 12.1 Å². The van der Waals surface area contributed by atoms with E-state index in [9.17, 15) is 19.2 Å². The molecular formula is C27H26N2O5. The number of aryl methyl sites for hydroxylation is 1. The van der Waals surface area contributed by atoms with Crippen molar-refractivity contribution in [1.29, 1.82) is 0 Å². The summed E-state index contributed by atoms with van der Waals surface area (Å²) in [7, 11) is 0. The zero-order chi connectivity index (χ0) is 24.0. The fourth-order valence-electron chi connectivity index (χ4n) is 5.20. The van der Waals surface area contributed by atoms with Crippen LogP contribution in [-0.4, -0.2) is 30.2 Å². The Hall–Kier alpha value is -3.74. The number of ether oxygens (including phenoxy) is 1. The standard InChI is InChI=1S/C27H26N2O5/c1-16-6-3-8-19(12-16)28-15-18(13-23(28)30)27(33)34-21-10-5-9-20(14-21)29-25(31)22-11-4-7-17(2)24(22)26(29)32/h3-10,12,14,17-18,22,24H,11,13,15H2,1-2H3/t17-,18+,22-,24+/m1/s1. The second kappa shape index (κ2) is 8.56.